The van der Waals surface area contributed by atoms with Crippen molar-refractivity contribution >= 4 is 47.4 Å². The molecule has 25 heavy (non-hydrogen) atoms. The summed E-state index contributed by atoms with van der Waals surface area (Å²) < 4.78 is 0. The molecule has 3 N–H and O–H groups in total. The predicted octanol–water partition coefficient (Wildman–Crippen LogP) is 2.73. The van der Waals surface area contributed by atoms with Gasteiger partial charge in [-0.1, -0.05) is 29.3 Å². The molecule has 0 radical (unpaired) electrons. The highest BCUT2D eigenvalue weighted by Crippen LogP contribution is 2.37. The number of fused-ring (bicyclic) bond motifs is 1. The molecule has 1 aliphatic carbocycles. The van der Waals surface area contributed by atoms with Gasteiger partial charge in [0.25, 0.3) is 5.91 Å². The maximum Gasteiger partial charge on any atom is 0.253 e. The zero-order valence-corrected chi connectivity index (χ0v) is 16.2. The first-order valence-electron chi connectivity index (χ1n) is 8.17. The Morgan fingerprint density at radius 2 is 2.00 bits per heavy atom. The van der Waals surface area contributed by atoms with E-state index in [1.807, 2.05) is 4.90 Å². The molecule has 138 valence electrons. The number of carbonyl (C=O) groups excluding carboxylic acids is 2. The largest absolute Gasteiger partial charge is 0.340 e. The standard InChI is InChI=1S/C17H21Cl2N3O2.ClH/c1-9(21-16(23)11-3-2-4-13(18)15(11)19)17(24)22-7-10-5-6-14(20)12(10)8-22;/h2-4,9-10,12,14H,5-8,20H2,1H3,(H,21,23);1H. The van der Waals surface area contributed by atoms with Crippen molar-refractivity contribution in [2.24, 2.45) is 17.6 Å². The van der Waals surface area contributed by atoms with Crippen LogP contribution in [0, 0.1) is 11.8 Å². The van der Waals surface area contributed by atoms with E-state index in [1.165, 1.54) is 0 Å². The number of carbonyl (C=O) groups is 2. The molecule has 2 aliphatic rings. The molecular formula is C17H22Cl3N3O2. The molecule has 1 aliphatic heterocycles. The second-order valence-corrected chi connectivity index (χ2v) is 7.49. The first-order valence-corrected chi connectivity index (χ1v) is 8.93. The lowest BCUT2D eigenvalue weighted by atomic mass is 9.98. The highest BCUT2D eigenvalue weighted by atomic mass is 35.5. The SMILES string of the molecule is CC(NC(=O)c1cccc(Cl)c1Cl)C(=O)N1CC2CCC(N)C2C1.Cl. The zero-order chi connectivity index (χ0) is 17.4. The number of hydrogen-bond acceptors (Lipinski definition) is 3. The molecular weight excluding hydrogens is 385 g/mol. The van der Waals surface area contributed by atoms with E-state index in [-0.39, 0.29) is 34.9 Å². The Labute approximate surface area is 163 Å². The number of hydrogen-bond donors (Lipinski definition) is 2. The Bertz CT molecular complexity index is 671. The van der Waals surface area contributed by atoms with Crippen molar-refractivity contribution < 1.29 is 9.59 Å². The molecule has 5 nitrogen and oxygen atoms in total. The summed E-state index contributed by atoms with van der Waals surface area (Å²) in [6, 6.07) is 4.41. The van der Waals surface area contributed by atoms with Gasteiger partial charge in [0.1, 0.15) is 6.04 Å². The van der Waals surface area contributed by atoms with E-state index in [1.54, 1.807) is 25.1 Å². The number of nitrogens with one attached hydrogen (secondary N) is 1. The lowest BCUT2D eigenvalue weighted by Gasteiger charge is -2.23. The highest BCUT2D eigenvalue weighted by molar-refractivity contribution is 6.43. The molecule has 0 spiro atoms. The van der Waals surface area contributed by atoms with Crippen LogP contribution in [0.2, 0.25) is 10.0 Å². The summed E-state index contributed by atoms with van der Waals surface area (Å²) in [5.74, 6) is 0.399. The van der Waals surface area contributed by atoms with Crippen LogP contribution in [-0.2, 0) is 4.79 Å². The molecule has 0 bridgehead atoms. The van der Waals surface area contributed by atoms with Crippen LogP contribution >= 0.6 is 35.6 Å². The van der Waals surface area contributed by atoms with Crippen molar-refractivity contribution in [1.82, 2.24) is 10.2 Å². The predicted molar refractivity (Wildman–Crippen MR) is 101 cm³/mol. The summed E-state index contributed by atoms with van der Waals surface area (Å²) in [6.07, 6.45) is 2.12. The molecule has 2 amide bonds. The van der Waals surface area contributed by atoms with Gasteiger partial charge in [0, 0.05) is 19.1 Å². The number of rotatable bonds is 3. The topological polar surface area (TPSA) is 75.4 Å². The lowest BCUT2D eigenvalue weighted by Crippen LogP contribution is -2.47. The van der Waals surface area contributed by atoms with E-state index >= 15 is 0 Å². The van der Waals surface area contributed by atoms with Gasteiger partial charge in [0.2, 0.25) is 5.91 Å². The van der Waals surface area contributed by atoms with E-state index in [2.05, 4.69) is 5.32 Å². The Kier molecular flexibility index (Phi) is 6.60. The Morgan fingerprint density at radius 1 is 1.28 bits per heavy atom. The van der Waals surface area contributed by atoms with E-state index in [9.17, 15) is 9.59 Å². The fraction of sp³-hybridized carbons (Fsp3) is 0.529. The molecule has 1 saturated heterocycles. The van der Waals surface area contributed by atoms with E-state index in [0.717, 1.165) is 19.4 Å². The van der Waals surface area contributed by atoms with Crippen molar-refractivity contribution in [2.75, 3.05) is 13.1 Å². The third-order valence-corrected chi connectivity index (χ3v) is 5.96. The molecule has 0 aromatic heterocycles. The number of nitrogens with two attached hydrogens (primary N) is 1. The van der Waals surface area contributed by atoms with Crippen molar-refractivity contribution in [1.29, 1.82) is 0 Å². The summed E-state index contributed by atoms with van der Waals surface area (Å²) in [5.41, 5.74) is 6.38. The van der Waals surface area contributed by atoms with Crippen LogP contribution in [0.25, 0.3) is 0 Å². The van der Waals surface area contributed by atoms with Crippen LogP contribution in [0.5, 0.6) is 0 Å². The Morgan fingerprint density at radius 3 is 2.68 bits per heavy atom. The van der Waals surface area contributed by atoms with Crippen LogP contribution in [-0.4, -0.2) is 41.9 Å². The number of nitrogens with zero attached hydrogens (tertiary/aromatic N) is 1. The van der Waals surface area contributed by atoms with Crippen LogP contribution in [0.1, 0.15) is 30.1 Å². The smallest absolute Gasteiger partial charge is 0.253 e. The maximum atomic E-state index is 12.6. The molecule has 1 aromatic carbocycles. The van der Waals surface area contributed by atoms with Gasteiger partial charge in [0.05, 0.1) is 15.6 Å². The monoisotopic (exact) mass is 405 g/mol. The van der Waals surface area contributed by atoms with Gasteiger partial charge in [-0.3, -0.25) is 9.59 Å². The minimum atomic E-state index is -0.623. The molecule has 3 rings (SSSR count). The number of likely N-dealkylation sites (tertiary alicyclic amines) is 1. The third kappa shape index (κ3) is 4.05. The average Bonchev–Trinajstić information content (AvgIpc) is 3.11. The minimum absolute atomic E-state index is 0. The number of halogens is 3. The molecule has 1 saturated carbocycles. The molecule has 1 aromatic rings. The van der Waals surface area contributed by atoms with Crippen molar-refractivity contribution in [3.05, 3.63) is 33.8 Å². The maximum absolute atomic E-state index is 12.6. The minimum Gasteiger partial charge on any atom is -0.340 e. The second-order valence-electron chi connectivity index (χ2n) is 6.70. The number of benzene rings is 1. The summed E-state index contributed by atoms with van der Waals surface area (Å²) in [7, 11) is 0. The average molecular weight is 407 g/mol. The van der Waals surface area contributed by atoms with E-state index in [0.29, 0.717) is 23.4 Å². The van der Waals surface area contributed by atoms with Crippen LogP contribution in [0.4, 0.5) is 0 Å². The first-order chi connectivity index (χ1) is 11.4. The van der Waals surface area contributed by atoms with Gasteiger partial charge in [-0.25, -0.2) is 0 Å². The van der Waals surface area contributed by atoms with E-state index in [4.69, 9.17) is 28.9 Å². The Balaban J connectivity index is 0.00000225. The quantitative estimate of drug-likeness (QED) is 0.810. The summed E-state index contributed by atoms with van der Waals surface area (Å²) in [4.78, 5) is 26.8. The van der Waals surface area contributed by atoms with Gasteiger partial charge in [0.15, 0.2) is 0 Å². The fourth-order valence-corrected chi connectivity index (χ4v) is 4.16. The highest BCUT2D eigenvalue weighted by Gasteiger charge is 2.43. The van der Waals surface area contributed by atoms with Crippen molar-refractivity contribution in [3.63, 3.8) is 0 Å². The first kappa shape index (κ1) is 20.3. The molecule has 4 unspecified atom stereocenters. The van der Waals surface area contributed by atoms with Crippen LogP contribution < -0.4 is 11.1 Å². The van der Waals surface area contributed by atoms with Gasteiger partial charge < -0.3 is 16.0 Å². The summed E-state index contributed by atoms with van der Waals surface area (Å²) in [5, 5.41) is 3.22. The summed E-state index contributed by atoms with van der Waals surface area (Å²) >= 11 is 12.0. The third-order valence-electron chi connectivity index (χ3n) is 5.14. The molecule has 8 heteroatoms. The lowest BCUT2D eigenvalue weighted by molar-refractivity contribution is -0.132. The fourth-order valence-electron chi connectivity index (χ4n) is 3.78. The van der Waals surface area contributed by atoms with Crippen molar-refractivity contribution in [2.45, 2.75) is 31.8 Å². The Hall–Kier alpha value is -1.01. The van der Waals surface area contributed by atoms with Gasteiger partial charge in [-0.2, -0.15) is 0 Å². The van der Waals surface area contributed by atoms with Gasteiger partial charge in [-0.15, -0.1) is 12.4 Å². The zero-order valence-electron chi connectivity index (χ0n) is 13.9. The molecule has 1 heterocycles. The number of amides is 2. The second kappa shape index (κ2) is 8.12. The normalized spacial score (nSPS) is 25.9. The van der Waals surface area contributed by atoms with Gasteiger partial charge >= 0.3 is 0 Å². The van der Waals surface area contributed by atoms with Gasteiger partial charge in [-0.05, 0) is 43.7 Å². The molecule has 4 atom stereocenters. The van der Waals surface area contributed by atoms with E-state index < -0.39 is 11.9 Å². The van der Waals surface area contributed by atoms with Crippen LogP contribution in [0.15, 0.2) is 18.2 Å². The van der Waals surface area contributed by atoms with Crippen molar-refractivity contribution in [3.8, 4) is 0 Å². The molecule has 2 fully saturated rings. The van der Waals surface area contributed by atoms with Crippen LogP contribution in [0.3, 0.4) is 0 Å². The summed E-state index contributed by atoms with van der Waals surface area (Å²) in [6.45, 7) is 3.10.